The molecule has 1 amide bonds. The first-order chi connectivity index (χ1) is 15.2. The Hall–Kier alpha value is -3.25. The van der Waals surface area contributed by atoms with Crippen LogP contribution in [0.5, 0.6) is 5.75 Å². The Balaban J connectivity index is 2.11. The molecule has 0 unspecified atom stereocenters. The summed E-state index contributed by atoms with van der Waals surface area (Å²) in [7, 11) is 2.80. The highest BCUT2D eigenvalue weighted by molar-refractivity contribution is 6.24. The van der Waals surface area contributed by atoms with E-state index in [0.29, 0.717) is 0 Å². The number of nitrogens with zero attached hydrogens (tertiary/aromatic N) is 1. The maximum atomic E-state index is 13.7. The second-order valence-electron chi connectivity index (χ2n) is 9.06. The maximum absolute atomic E-state index is 13.7. The van der Waals surface area contributed by atoms with E-state index in [1.807, 2.05) is 0 Å². The number of phenols is 1. The van der Waals surface area contributed by atoms with Crippen LogP contribution in [0.15, 0.2) is 35.1 Å². The Kier molecular flexibility index (Phi) is 4.78. The quantitative estimate of drug-likeness (QED) is 0.257. The number of likely N-dealkylation sites (N-methyl/N-ethyl adjacent to an activating group) is 1. The Bertz CT molecular complexity index is 1180. The van der Waals surface area contributed by atoms with Crippen molar-refractivity contribution in [2.75, 3.05) is 14.1 Å². The lowest BCUT2D eigenvalue weighted by atomic mass is 9.53. The number of carbonyl (C=O) groups excluding carboxylic acids is 3. The molecule has 1 fully saturated rings. The van der Waals surface area contributed by atoms with E-state index in [-0.39, 0.29) is 11.1 Å². The summed E-state index contributed by atoms with van der Waals surface area (Å²) in [5.41, 5.74) is -1.78. The van der Waals surface area contributed by atoms with Crippen LogP contribution < -0.4 is 5.73 Å². The summed E-state index contributed by atoms with van der Waals surface area (Å²) in [6.45, 7) is 1.25. The van der Waals surface area contributed by atoms with Crippen LogP contribution in [0.25, 0.3) is 5.76 Å². The predicted octanol–water partition coefficient (Wildman–Crippen LogP) is -1.40. The van der Waals surface area contributed by atoms with Crippen molar-refractivity contribution >= 4 is 23.2 Å². The number of nitrogens with two attached hydrogens (primary N) is 1. The molecule has 0 heterocycles. The maximum Gasteiger partial charge on any atom is 0.255 e. The molecular formula is C22H24N2O9. The molecule has 1 saturated carbocycles. The average molecular weight is 460 g/mol. The second-order valence-corrected chi connectivity index (χ2v) is 9.06. The Morgan fingerprint density at radius 1 is 1.12 bits per heavy atom. The van der Waals surface area contributed by atoms with E-state index in [1.54, 1.807) is 0 Å². The van der Waals surface area contributed by atoms with Crippen LogP contribution in [0.3, 0.4) is 0 Å². The molecule has 0 radical (unpaired) electrons. The number of amides is 1. The van der Waals surface area contributed by atoms with Crippen molar-refractivity contribution in [1.29, 1.82) is 0 Å². The predicted molar refractivity (Wildman–Crippen MR) is 112 cm³/mol. The van der Waals surface area contributed by atoms with Gasteiger partial charge in [0.1, 0.15) is 22.8 Å². The number of phenolic OH excluding ortho intramolecular Hbond substituents is 1. The number of benzene rings is 1. The molecule has 3 aliphatic rings. The van der Waals surface area contributed by atoms with Crippen molar-refractivity contribution in [2.45, 2.75) is 30.3 Å². The summed E-state index contributed by atoms with van der Waals surface area (Å²) in [6, 6.07) is 2.50. The largest absolute Gasteiger partial charge is 0.508 e. The SMILES string of the molecule is CN(C)[C@@H]1C(=O)C(C(N)=O)=C(O)[C@]2(O)C(=O)C3=C(O)c4c(O)cccc4[C@@](C)(O)[C@H]3[C@H](O)[C@H]12. The van der Waals surface area contributed by atoms with Crippen molar-refractivity contribution in [3.8, 4) is 5.75 Å². The highest BCUT2D eigenvalue weighted by Gasteiger charge is 2.70. The van der Waals surface area contributed by atoms with E-state index in [1.165, 1.54) is 44.1 Å². The van der Waals surface area contributed by atoms with Gasteiger partial charge in [-0.1, -0.05) is 12.1 Å². The molecule has 0 aliphatic heterocycles. The Morgan fingerprint density at radius 3 is 2.27 bits per heavy atom. The van der Waals surface area contributed by atoms with Gasteiger partial charge in [0.25, 0.3) is 5.91 Å². The molecule has 3 aliphatic carbocycles. The monoisotopic (exact) mass is 460 g/mol. The molecule has 176 valence electrons. The Morgan fingerprint density at radius 2 is 1.73 bits per heavy atom. The van der Waals surface area contributed by atoms with Crippen molar-refractivity contribution in [1.82, 2.24) is 4.90 Å². The van der Waals surface area contributed by atoms with Crippen LogP contribution in [-0.2, 0) is 20.0 Å². The van der Waals surface area contributed by atoms with Crippen LogP contribution in [0, 0.1) is 11.8 Å². The number of aromatic hydroxyl groups is 1. The lowest BCUT2D eigenvalue weighted by Gasteiger charge is -2.55. The van der Waals surface area contributed by atoms with E-state index in [4.69, 9.17) is 5.73 Å². The molecule has 6 atom stereocenters. The third-order valence-corrected chi connectivity index (χ3v) is 7.03. The third-order valence-electron chi connectivity index (χ3n) is 7.03. The molecule has 0 spiro atoms. The first-order valence-electron chi connectivity index (χ1n) is 10.1. The number of fused-ring (bicyclic) bond motifs is 3. The molecule has 8 N–H and O–H groups in total. The fourth-order valence-electron chi connectivity index (χ4n) is 5.60. The van der Waals surface area contributed by atoms with E-state index < -0.39 is 81.1 Å². The minimum absolute atomic E-state index is 0.00664. The minimum atomic E-state index is -3.02. The van der Waals surface area contributed by atoms with Crippen LogP contribution >= 0.6 is 0 Å². The number of aliphatic hydroxyl groups excluding tert-OH is 3. The standard InChI is InChI=1S/C22H24N2O9/c1-21(32)7-5-4-6-8(25)9(7)15(26)10-12(21)17(28)13-14(24(2)3)16(27)11(20(23)31)19(30)22(13,33)18(10)29/h4-6,12-14,17,25-26,28,30,32-33H,1-3H3,(H2,23,31)/t12-,13+,14+,17+,21-,22-/m1/s1. The van der Waals surface area contributed by atoms with Gasteiger partial charge < -0.3 is 36.4 Å². The van der Waals surface area contributed by atoms with Crippen LogP contribution in [0.4, 0.5) is 0 Å². The highest BCUT2D eigenvalue weighted by atomic mass is 16.4. The number of aliphatic hydroxyl groups is 5. The normalized spacial score (nSPS) is 36.0. The van der Waals surface area contributed by atoms with Crippen molar-refractivity contribution in [3.05, 3.63) is 46.2 Å². The first kappa shape index (κ1) is 22.9. The van der Waals surface area contributed by atoms with Gasteiger partial charge in [0.15, 0.2) is 11.4 Å². The number of primary amides is 1. The van der Waals surface area contributed by atoms with Gasteiger partial charge in [-0.15, -0.1) is 0 Å². The molecule has 4 rings (SSSR count). The number of ketones is 2. The number of Topliss-reactive ketones (excluding diaryl/α,β-unsaturated/α-hetero) is 2. The molecule has 33 heavy (non-hydrogen) atoms. The molecule has 11 heteroatoms. The lowest BCUT2D eigenvalue weighted by Crippen LogP contribution is -2.71. The summed E-state index contributed by atoms with van der Waals surface area (Å²) in [5, 5.41) is 66.3. The molecule has 1 aromatic carbocycles. The fourth-order valence-corrected chi connectivity index (χ4v) is 5.60. The number of rotatable bonds is 2. The second kappa shape index (κ2) is 6.87. The van der Waals surface area contributed by atoms with Gasteiger partial charge in [0.05, 0.1) is 40.7 Å². The highest BCUT2D eigenvalue weighted by Crippen LogP contribution is 2.57. The van der Waals surface area contributed by atoms with Gasteiger partial charge in [-0.3, -0.25) is 19.3 Å². The number of hydrogen-bond donors (Lipinski definition) is 7. The summed E-state index contributed by atoms with van der Waals surface area (Å²) in [4.78, 5) is 39.9. The first-order valence-corrected chi connectivity index (χ1v) is 10.1. The average Bonchev–Trinajstić information content (AvgIpc) is 2.70. The fraction of sp³-hybridized carbons (Fsp3) is 0.409. The molecular weight excluding hydrogens is 436 g/mol. The Labute approximate surface area is 187 Å². The van der Waals surface area contributed by atoms with Crippen molar-refractivity contribution in [2.24, 2.45) is 17.6 Å². The van der Waals surface area contributed by atoms with Gasteiger partial charge in [-0.25, -0.2) is 0 Å². The van der Waals surface area contributed by atoms with Crippen LogP contribution in [0.1, 0.15) is 18.1 Å². The summed E-state index contributed by atoms with van der Waals surface area (Å²) in [5.74, 6) is -9.67. The molecule has 11 nitrogen and oxygen atoms in total. The molecule has 0 saturated heterocycles. The van der Waals surface area contributed by atoms with E-state index in [9.17, 15) is 45.0 Å². The zero-order chi connectivity index (χ0) is 24.8. The molecule has 1 aromatic rings. The lowest BCUT2D eigenvalue weighted by molar-refractivity contribution is -0.181. The van der Waals surface area contributed by atoms with Gasteiger partial charge >= 0.3 is 0 Å². The van der Waals surface area contributed by atoms with E-state index >= 15 is 0 Å². The van der Waals surface area contributed by atoms with Gasteiger partial charge in [-0.2, -0.15) is 0 Å². The minimum Gasteiger partial charge on any atom is -0.508 e. The van der Waals surface area contributed by atoms with Crippen molar-refractivity contribution in [3.63, 3.8) is 0 Å². The van der Waals surface area contributed by atoms with Gasteiger partial charge in [-0.05, 0) is 32.6 Å². The van der Waals surface area contributed by atoms with E-state index in [2.05, 4.69) is 0 Å². The zero-order valence-electron chi connectivity index (χ0n) is 18.0. The molecule has 0 bridgehead atoms. The number of hydrogen-bond acceptors (Lipinski definition) is 10. The van der Waals surface area contributed by atoms with Crippen molar-refractivity contribution < 1.29 is 45.0 Å². The van der Waals surface area contributed by atoms with Crippen LogP contribution in [-0.4, -0.2) is 84.9 Å². The third kappa shape index (κ3) is 2.61. The molecule has 0 aromatic heterocycles. The van der Waals surface area contributed by atoms with E-state index in [0.717, 1.165) is 0 Å². The summed E-state index contributed by atoms with van der Waals surface area (Å²) >= 11 is 0. The topological polar surface area (TPSA) is 202 Å². The zero-order valence-corrected chi connectivity index (χ0v) is 18.0. The number of carbonyl (C=O) groups is 3. The smallest absolute Gasteiger partial charge is 0.255 e. The van der Waals surface area contributed by atoms with Gasteiger partial charge in [0, 0.05) is 0 Å². The summed E-state index contributed by atoms with van der Waals surface area (Å²) in [6.07, 6.45) is -1.87. The van der Waals surface area contributed by atoms with Gasteiger partial charge in [0.2, 0.25) is 5.78 Å². The van der Waals surface area contributed by atoms with Crippen LogP contribution in [0.2, 0.25) is 0 Å². The summed E-state index contributed by atoms with van der Waals surface area (Å²) < 4.78 is 0.